The fourth-order valence-electron chi connectivity index (χ4n) is 2.54. The van der Waals surface area contributed by atoms with E-state index in [0.717, 1.165) is 10.6 Å². The van der Waals surface area contributed by atoms with Crippen LogP contribution in [0.15, 0.2) is 12.4 Å². The summed E-state index contributed by atoms with van der Waals surface area (Å²) in [7, 11) is -3.69. The average molecular weight is 374 g/mol. The van der Waals surface area contributed by atoms with Crippen LogP contribution >= 0.6 is 0 Å². The van der Waals surface area contributed by atoms with Crippen LogP contribution in [0.4, 0.5) is 0 Å². The lowest BCUT2D eigenvalue weighted by atomic mass is 10.2. The molecule has 140 valence electrons. The van der Waals surface area contributed by atoms with Crippen LogP contribution in [-0.2, 0) is 26.1 Å². The normalized spacial score (nSPS) is 18.5. The summed E-state index contributed by atoms with van der Waals surface area (Å²) in [5.41, 5.74) is 0.452. The highest BCUT2D eigenvalue weighted by Crippen LogP contribution is 2.13. The number of carboxylic acids is 1. The Labute approximate surface area is 146 Å². The monoisotopic (exact) mass is 374 g/mol. The van der Waals surface area contributed by atoms with Crippen molar-refractivity contribution in [3.63, 3.8) is 0 Å². The molecule has 0 saturated carbocycles. The number of amides is 1. The minimum absolute atomic E-state index is 0.122. The number of carboxylic acid groups (broad SMARTS) is 1. The summed E-state index contributed by atoms with van der Waals surface area (Å²) in [5.74, 6) is -1.46. The van der Waals surface area contributed by atoms with E-state index in [1.165, 1.54) is 6.20 Å². The molecule has 0 aromatic carbocycles. The van der Waals surface area contributed by atoms with E-state index in [1.807, 2.05) is 6.92 Å². The lowest BCUT2D eigenvalue weighted by molar-refractivity contribution is -0.137. The topological polar surface area (TPSA) is 122 Å². The number of aryl methyl sites for hydroxylation is 1. The van der Waals surface area contributed by atoms with E-state index in [0.29, 0.717) is 18.7 Å². The van der Waals surface area contributed by atoms with Crippen molar-refractivity contribution in [1.82, 2.24) is 19.0 Å². The van der Waals surface area contributed by atoms with E-state index < -0.39 is 28.6 Å². The minimum atomic E-state index is -3.69. The van der Waals surface area contributed by atoms with Gasteiger partial charge in [-0.15, -0.1) is 0 Å². The van der Waals surface area contributed by atoms with Crippen LogP contribution in [0.5, 0.6) is 0 Å². The number of hydrogen-bond acceptors (Lipinski definition) is 6. The molecule has 25 heavy (non-hydrogen) atoms. The van der Waals surface area contributed by atoms with Gasteiger partial charge in [0.2, 0.25) is 10.0 Å². The van der Waals surface area contributed by atoms with Crippen LogP contribution in [0.1, 0.15) is 17.3 Å². The number of ether oxygens (including phenoxy) is 1. The molecule has 1 atom stereocenters. The first kappa shape index (κ1) is 19.3. The second kappa shape index (κ2) is 7.93. The van der Waals surface area contributed by atoms with Crippen molar-refractivity contribution in [2.45, 2.75) is 19.6 Å². The van der Waals surface area contributed by atoms with Gasteiger partial charge in [0.15, 0.2) is 0 Å². The summed E-state index contributed by atoms with van der Waals surface area (Å²) >= 11 is 0. The van der Waals surface area contributed by atoms with Crippen LogP contribution in [0, 0.1) is 0 Å². The highest BCUT2D eigenvalue weighted by molar-refractivity contribution is 7.88. The van der Waals surface area contributed by atoms with Gasteiger partial charge >= 0.3 is 5.97 Å². The lowest BCUT2D eigenvalue weighted by Gasteiger charge is -2.34. The Morgan fingerprint density at radius 3 is 2.76 bits per heavy atom. The number of carbonyl (C=O) groups is 2. The summed E-state index contributed by atoms with van der Waals surface area (Å²) in [4.78, 5) is 25.0. The quantitative estimate of drug-likeness (QED) is 0.655. The summed E-state index contributed by atoms with van der Waals surface area (Å²) < 4.78 is 31.5. The molecule has 1 saturated heterocycles. The first-order chi connectivity index (χ1) is 11.7. The first-order valence-corrected chi connectivity index (χ1v) is 9.65. The molecule has 0 bridgehead atoms. The maximum atomic E-state index is 12.5. The van der Waals surface area contributed by atoms with Gasteiger partial charge in [0.05, 0.1) is 30.7 Å². The van der Waals surface area contributed by atoms with Crippen molar-refractivity contribution < 1.29 is 27.9 Å². The smallest absolute Gasteiger partial charge is 0.318 e. The SMILES string of the molecule is CCn1cc(C(=O)N2CCO[C@H](CN(CC(=O)O)S(C)(=O)=O)C2)cn1. The van der Waals surface area contributed by atoms with Gasteiger partial charge in [-0.1, -0.05) is 0 Å². The Kier molecular flexibility index (Phi) is 6.14. The number of rotatable bonds is 7. The molecule has 1 N–H and O–H groups in total. The fraction of sp³-hybridized carbons (Fsp3) is 0.643. The van der Waals surface area contributed by atoms with Crippen LogP contribution < -0.4 is 0 Å². The molecule has 2 rings (SSSR count). The molecule has 1 amide bonds. The van der Waals surface area contributed by atoms with Crippen molar-refractivity contribution in [2.75, 3.05) is 39.0 Å². The van der Waals surface area contributed by atoms with E-state index in [-0.39, 0.29) is 25.6 Å². The Morgan fingerprint density at radius 1 is 1.48 bits per heavy atom. The van der Waals surface area contributed by atoms with Gasteiger partial charge in [0.25, 0.3) is 5.91 Å². The summed E-state index contributed by atoms with van der Waals surface area (Å²) in [6, 6.07) is 0. The Bertz CT molecular complexity index is 731. The molecule has 0 unspecified atom stereocenters. The number of nitrogens with zero attached hydrogens (tertiary/aromatic N) is 4. The van der Waals surface area contributed by atoms with Gasteiger partial charge in [0, 0.05) is 32.4 Å². The second-order valence-electron chi connectivity index (χ2n) is 5.78. The summed E-state index contributed by atoms with van der Waals surface area (Å²) in [6.07, 6.45) is 3.50. The predicted octanol–water partition coefficient (Wildman–Crippen LogP) is -0.910. The number of aromatic nitrogens is 2. The summed E-state index contributed by atoms with van der Waals surface area (Å²) in [5, 5.41) is 12.9. The highest BCUT2D eigenvalue weighted by atomic mass is 32.2. The van der Waals surface area contributed by atoms with Gasteiger partial charge in [-0.2, -0.15) is 9.40 Å². The molecule has 2 heterocycles. The van der Waals surface area contributed by atoms with Gasteiger partial charge in [-0.05, 0) is 6.92 Å². The van der Waals surface area contributed by atoms with E-state index in [4.69, 9.17) is 9.84 Å². The third-order valence-electron chi connectivity index (χ3n) is 3.82. The standard InChI is InChI=1S/C14H22N4O6S/c1-3-17-7-11(6-15-17)14(21)16-4-5-24-12(8-16)9-18(10-13(19)20)25(2,22)23/h6-7,12H,3-5,8-10H2,1-2H3,(H,19,20)/t12-/m0/s1. The molecule has 10 nitrogen and oxygen atoms in total. The van der Waals surface area contributed by atoms with Crippen LogP contribution in [-0.4, -0.2) is 89.5 Å². The maximum absolute atomic E-state index is 12.5. The molecule has 1 aromatic rings. The Morgan fingerprint density at radius 2 is 2.20 bits per heavy atom. The zero-order valence-corrected chi connectivity index (χ0v) is 15.0. The number of morpholine rings is 1. The third-order valence-corrected chi connectivity index (χ3v) is 5.03. The number of aliphatic carboxylic acids is 1. The van der Waals surface area contributed by atoms with Crippen molar-refractivity contribution >= 4 is 21.9 Å². The molecule has 0 radical (unpaired) electrons. The van der Waals surface area contributed by atoms with Gasteiger partial charge in [-0.25, -0.2) is 8.42 Å². The second-order valence-corrected chi connectivity index (χ2v) is 7.76. The molecule has 0 aliphatic carbocycles. The largest absolute Gasteiger partial charge is 0.480 e. The lowest BCUT2D eigenvalue weighted by Crippen LogP contribution is -2.51. The Balaban J connectivity index is 2.04. The van der Waals surface area contributed by atoms with E-state index in [9.17, 15) is 18.0 Å². The molecule has 11 heteroatoms. The summed E-state index contributed by atoms with van der Waals surface area (Å²) in [6.45, 7) is 2.61. The van der Waals surface area contributed by atoms with E-state index >= 15 is 0 Å². The number of hydrogen-bond donors (Lipinski definition) is 1. The van der Waals surface area contributed by atoms with Crippen molar-refractivity contribution in [3.05, 3.63) is 18.0 Å². The van der Waals surface area contributed by atoms with Gasteiger partial charge < -0.3 is 14.7 Å². The number of carbonyl (C=O) groups excluding carboxylic acids is 1. The molecule has 1 aliphatic heterocycles. The van der Waals surface area contributed by atoms with E-state index in [2.05, 4.69) is 5.10 Å². The molecular formula is C14H22N4O6S. The molecule has 1 aromatic heterocycles. The molecule has 1 aliphatic rings. The average Bonchev–Trinajstić information content (AvgIpc) is 3.01. The van der Waals surface area contributed by atoms with Crippen molar-refractivity contribution in [1.29, 1.82) is 0 Å². The first-order valence-electron chi connectivity index (χ1n) is 7.81. The van der Waals surface area contributed by atoms with Crippen LogP contribution in [0.3, 0.4) is 0 Å². The van der Waals surface area contributed by atoms with Gasteiger partial charge in [-0.3, -0.25) is 14.3 Å². The highest BCUT2D eigenvalue weighted by Gasteiger charge is 2.30. The predicted molar refractivity (Wildman–Crippen MR) is 87.6 cm³/mol. The molecule has 1 fully saturated rings. The minimum Gasteiger partial charge on any atom is -0.480 e. The van der Waals surface area contributed by atoms with E-state index in [1.54, 1.807) is 15.8 Å². The fourth-order valence-corrected chi connectivity index (χ4v) is 3.32. The Hall–Kier alpha value is -1.98. The molecular weight excluding hydrogens is 352 g/mol. The van der Waals surface area contributed by atoms with Crippen molar-refractivity contribution in [2.24, 2.45) is 0 Å². The third kappa shape index (κ3) is 5.25. The van der Waals surface area contributed by atoms with Gasteiger partial charge in [0.1, 0.15) is 6.54 Å². The van der Waals surface area contributed by atoms with Crippen LogP contribution in [0.2, 0.25) is 0 Å². The zero-order chi connectivity index (χ0) is 18.6. The van der Waals surface area contributed by atoms with Crippen molar-refractivity contribution in [3.8, 4) is 0 Å². The van der Waals surface area contributed by atoms with Crippen LogP contribution in [0.25, 0.3) is 0 Å². The maximum Gasteiger partial charge on any atom is 0.318 e. The molecule has 0 spiro atoms. The number of sulfonamides is 1. The zero-order valence-electron chi connectivity index (χ0n) is 14.2.